The summed E-state index contributed by atoms with van der Waals surface area (Å²) in [6, 6.07) is 6.23. The Balaban J connectivity index is 1.50. The first-order valence-corrected chi connectivity index (χ1v) is 9.95. The van der Waals surface area contributed by atoms with Gasteiger partial charge in [-0.2, -0.15) is 0 Å². The fourth-order valence-electron chi connectivity index (χ4n) is 4.59. The molecule has 2 atom stereocenters. The van der Waals surface area contributed by atoms with Gasteiger partial charge in [-0.1, -0.05) is 0 Å². The smallest absolute Gasteiger partial charge is 0.325 e. The predicted molar refractivity (Wildman–Crippen MR) is 106 cm³/mol. The van der Waals surface area contributed by atoms with Gasteiger partial charge in [-0.15, -0.1) is 0 Å². The highest BCUT2D eigenvalue weighted by Crippen LogP contribution is 2.35. The molecule has 3 heterocycles. The molecule has 3 aliphatic heterocycles. The maximum absolute atomic E-state index is 12.8. The van der Waals surface area contributed by atoms with Crippen molar-refractivity contribution in [3.8, 4) is 0 Å². The van der Waals surface area contributed by atoms with E-state index >= 15 is 0 Å². The van der Waals surface area contributed by atoms with E-state index in [0.717, 1.165) is 44.5 Å². The molecule has 4 amide bonds. The maximum Gasteiger partial charge on any atom is 0.325 e. The number of hydrogen-bond donors (Lipinski definition) is 1. The molecule has 28 heavy (non-hydrogen) atoms. The molecule has 1 aromatic carbocycles. The molecule has 150 valence electrons. The van der Waals surface area contributed by atoms with E-state index < -0.39 is 11.9 Å². The average molecular weight is 385 g/mol. The van der Waals surface area contributed by atoms with Crippen LogP contribution >= 0.6 is 0 Å². The first kappa shape index (κ1) is 18.7. The molecule has 0 aromatic heterocycles. The molecule has 2 N–H and O–H groups in total. The Morgan fingerprint density at radius 3 is 2.43 bits per heavy atom. The molecule has 8 heteroatoms. The number of nitrogens with zero attached hydrogens (tertiary/aromatic N) is 4. The van der Waals surface area contributed by atoms with Crippen LogP contribution in [0.15, 0.2) is 24.3 Å². The number of benzene rings is 1. The van der Waals surface area contributed by atoms with Crippen LogP contribution in [0.5, 0.6) is 0 Å². The van der Waals surface area contributed by atoms with Gasteiger partial charge in [-0.3, -0.25) is 19.4 Å². The second-order valence-electron chi connectivity index (χ2n) is 7.86. The van der Waals surface area contributed by atoms with Crippen LogP contribution in [0.1, 0.15) is 25.7 Å². The minimum atomic E-state index is -0.643. The first-order valence-electron chi connectivity index (χ1n) is 9.95. The lowest BCUT2D eigenvalue weighted by Gasteiger charge is -2.25. The third-order valence-corrected chi connectivity index (χ3v) is 6.13. The number of rotatable bonds is 5. The van der Waals surface area contributed by atoms with Crippen molar-refractivity contribution in [2.45, 2.75) is 37.8 Å². The van der Waals surface area contributed by atoms with Crippen molar-refractivity contribution in [3.63, 3.8) is 0 Å². The molecule has 3 fully saturated rings. The Kier molecular flexibility index (Phi) is 4.97. The number of anilines is 2. The lowest BCUT2D eigenvalue weighted by Crippen LogP contribution is -2.46. The number of likely N-dealkylation sites (tertiary alicyclic amines) is 1. The standard InChI is InChI=1S/C20H27N5O3/c1-22(17(26)13-23-10-2-3-11-23)14-6-8-15(9-7-14)25-18(19(21)27)16-5-4-12-24(16)20(25)28/h6-9,16,18H,2-5,10-13H2,1H3,(H2,21,27)/t16-,18?/m1/s1. The number of primary amides is 1. The predicted octanol–water partition coefficient (Wildman–Crippen LogP) is 1.00. The van der Waals surface area contributed by atoms with Crippen LogP contribution in [-0.4, -0.2) is 73.0 Å². The third kappa shape index (κ3) is 3.22. The van der Waals surface area contributed by atoms with Crippen LogP contribution in [0.4, 0.5) is 16.2 Å². The Hall–Kier alpha value is -2.61. The minimum Gasteiger partial charge on any atom is -0.368 e. The molecular weight excluding hydrogens is 358 g/mol. The molecule has 1 unspecified atom stereocenters. The number of carbonyl (C=O) groups is 3. The molecule has 1 aromatic rings. The molecule has 0 aliphatic carbocycles. The summed E-state index contributed by atoms with van der Waals surface area (Å²) in [4.78, 5) is 44.4. The van der Waals surface area contributed by atoms with Gasteiger partial charge in [0.2, 0.25) is 11.8 Å². The summed E-state index contributed by atoms with van der Waals surface area (Å²) >= 11 is 0. The van der Waals surface area contributed by atoms with Gasteiger partial charge in [0.25, 0.3) is 0 Å². The van der Waals surface area contributed by atoms with E-state index in [1.165, 1.54) is 4.90 Å². The topological polar surface area (TPSA) is 90.2 Å². The van der Waals surface area contributed by atoms with Crippen molar-refractivity contribution in [1.82, 2.24) is 9.80 Å². The summed E-state index contributed by atoms with van der Waals surface area (Å²) in [5.74, 6) is -0.438. The molecule has 8 nitrogen and oxygen atoms in total. The number of urea groups is 1. The zero-order valence-corrected chi connectivity index (χ0v) is 16.2. The van der Waals surface area contributed by atoms with Gasteiger partial charge in [-0.25, -0.2) is 4.79 Å². The van der Waals surface area contributed by atoms with Crippen LogP contribution in [0, 0.1) is 0 Å². The second-order valence-corrected chi connectivity index (χ2v) is 7.86. The summed E-state index contributed by atoms with van der Waals surface area (Å²) in [5.41, 5.74) is 7.01. The number of amides is 4. The highest BCUT2D eigenvalue weighted by atomic mass is 16.2. The Bertz CT molecular complexity index is 775. The SMILES string of the molecule is CN(C(=O)CN1CCCC1)c1ccc(N2C(=O)N3CCC[C@@H]3C2C(N)=O)cc1. The van der Waals surface area contributed by atoms with Gasteiger partial charge in [0.1, 0.15) is 6.04 Å². The zero-order valence-electron chi connectivity index (χ0n) is 16.2. The van der Waals surface area contributed by atoms with Crippen molar-refractivity contribution in [2.75, 3.05) is 43.0 Å². The largest absolute Gasteiger partial charge is 0.368 e. The van der Waals surface area contributed by atoms with Gasteiger partial charge < -0.3 is 15.5 Å². The quantitative estimate of drug-likeness (QED) is 0.819. The minimum absolute atomic E-state index is 0.0440. The monoisotopic (exact) mass is 385 g/mol. The van der Waals surface area contributed by atoms with Crippen LogP contribution in [0.25, 0.3) is 0 Å². The average Bonchev–Trinajstić information content (AvgIpc) is 3.40. The summed E-state index contributed by atoms with van der Waals surface area (Å²) in [7, 11) is 1.76. The van der Waals surface area contributed by atoms with E-state index in [9.17, 15) is 14.4 Å². The lowest BCUT2D eigenvalue weighted by molar-refractivity contribution is -0.120. The van der Waals surface area contributed by atoms with Crippen molar-refractivity contribution >= 4 is 29.2 Å². The number of likely N-dealkylation sites (N-methyl/N-ethyl adjacent to an activating group) is 1. The van der Waals surface area contributed by atoms with Crippen molar-refractivity contribution < 1.29 is 14.4 Å². The van der Waals surface area contributed by atoms with Crippen LogP contribution in [-0.2, 0) is 9.59 Å². The van der Waals surface area contributed by atoms with E-state index in [1.54, 1.807) is 29.0 Å². The number of carbonyl (C=O) groups excluding carboxylic acids is 3. The Labute approximate surface area is 164 Å². The van der Waals surface area contributed by atoms with Gasteiger partial charge in [-0.05, 0) is 63.0 Å². The highest BCUT2D eigenvalue weighted by Gasteiger charge is 2.51. The third-order valence-electron chi connectivity index (χ3n) is 6.13. The van der Waals surface area contributed by atoms with E-state index in [4.69, 9.17) is 5.73 Å². The van der Waals surface area contributed by atoms with Crippen molar-refractivity contribution in [2.24, 2.45) is 5.73 Å². The maximum atomic E-state index is 12.8. The number of fused-ring (bicyclic) bond motifs is 1. The van der Waals surface area contributed by atoms with Crippen LogP contribution in [0.2, 0.25) is 0 Å². The first-order chi connectivity index (χ1) is 13.5. The van der Waals surface area contributed by atoms with Gasteiger partial charge >= 0.3 is 6.03 Å². The van der Waals surface area contributed by atoms with Crippen molar-refractivity contribution in [3.05, 3.63) is 24.3 Å². The zero-order chi connectivity index (χ0) is 19.8. The van der Waals surface area contributed by atoms with E-state index in [-0.39, 0.29) is 18.0 Å². The molecule has 0 saturated carbocycles. The van der Waals surface area contributed by atoms with Crippen LogP contribution in [0.3, 0.4) is 0 Å². The fourth-order valence-corrected chi connectivity index (χ4v) is 4.59. The molecule has 0 bridgehead atoms. The molecule has 3 saturated heterocycles. The van der Waals surface area contributed by atoms with Crippen LogP contribution < -0.4 is 15.5 Å². The normalized spacial score (nSPS) is 24.7. The lowest BCUT2D eigenvalue weighted by atomic mass is 10.1. The number of hydrogen-bond acceptors (Lipinski definition) is 4. The van der Waals surface area contributed by atoms with Gasteiger partial charge in [0.05, 0.1) is 12.6 Å². The molecule has 0 spiro atoms. The van der Waals surface area contributed by atoms with Gasteiger partial charge in [0.15, 0.2) is 0 Å². The van der Waals surface area contributed by atoms with Gasteiger partial charge in [0, 0.05) is 25.0 Å². The summed E-state index contributed by atoms with van der Waals surface area (Å²) in [5, 5.41) is 0. The summed E-state index contributed by atoms with van der Waals surface area (Å²) in [6.07, 6.45) is 3.99. The van der Waals surface area contributed by atoms with E-state index in [0.29, 0.717) is 18.8 Å². The van der Waals surface area contributed by atoms with E-state index in [1.807, 2.05) is 12.1 Å². The van der Waals surface area contributed by atoms with E-state index in [2.05, 4.69) is 4.90 Å². The Morgan fingerprint density at radius 1 is 1.11 bits per heavy atom. The molecule has 3 aliphatic rings. The molecule has 4 rings (SSSR count). The summed E-state index contributed by atoms with van der Waals surface area (Å²) < 4.78 is 0. The highest BCUT2D eigenvalue weighted by molar-refractivity contribution is 6.04. The number of nitrogens with two attached hydrogens (primary N) is 1. The van der Waals surface area contributed by atoms with Crippen molar-refractivity contribution in [1.29, 1.82) is 0 Å². The fraction of sp³-hybridized carbons (Fsp3) is 0.550. The molecule has 0 radical (unpaired) electrons. The summed E-state index contributed by atoms with van der Waals surface area (Å²) in [6.45, 7) is 3.03. The molecular formula is C20H27N5O3. The second kappa shape index (κ2) is 7.43. The Morgan fingerprint density at radius 2 is 1.79 bits per heavy atom.